The molecule has 0 aliphatic heterocycles. The van der Waals surface area contributed by atoms with E-state index in [4.69, 9.17) is 0 Å². The SMILES string of the molecule is CCCCCCC(=O)c1cscc1C. The van der Waals surface area contributed by atoms with Crippen LogP contribution in [0.15, 0.2) is 10.8 Å². The summed E-state index contributed by atoms with van der Waals surface area (Å²) in [4.78, 5) is 11.7. The molecule has 0 aliphatic rings. The number of Topliss-reactive ketones (excluding diaryl/α,β-unsaturated/α-hetero) is 1. The Kier molecular flexibility index (Phi) is 4.88. The molecule has 1 aromatic heterocycles. The Labute approximate surface area is 90.2 Å². The van der Waals surface area contributed by atoms with E-state index in [2.05, 4.69) is 6.92 Å². The third-order valence-corrected chi connectivity index (χ3v) is 3.27. The minimum absolute atomic E-state index is 0.319. The predicted molar refractivity (Wildman–Crippen MR) is 62.1 cm³/mol. The zero-order valence-electron chi connectivity index (χ0n) is 9.01. The Bertz CT molecular complexity index is 288. The summed E-state index contributed by atoms with van der Waals surface area (Å²) in [6.07, 6.45) is 5.42. The maximum absolute atomic E-state index is 11.7. The average Bonchev–Trinajstić information content (AvgIpc) is 2.59. The Morgan fingerprint density at radius 3 is 2.64 bits per heavy atom. The summed E-state index contributed by atoms with van der Waals surface area (Å²) in [5.74, 6) is 0.319. The van der Waals surface area contributed by atoms with Crippen molar-refractivity contribution in [3.05, 3.63) is 21.9 Å². The Morgan fingerprint density at radius 1 is 1.29 bits per heavy atom. The molecule has 0 aromatic carbocycles. The van der Waals surface area contributed by atoms with Gasteiger partial charge in [0, 0.05) is 17.4 Å². The monoisotopic (exact) mass is 210 g/mol. The van der Waals surface area contributed by atoms with Crippen LogP contribution in [-0.4, -0.2) is 5.78 Å². The summed E-state index contributed by atoms with van der Waals surface area (Å²) < 4.78 is 0. The fraction of sp³-hybridized carbons (Fsp3) is 0.583. The zero-order valence-corrected chi connectivity index (χ0v) is 9.82. The highest BCUT2D eigenvalue weighted by molar-refractivity contribution is 7.08. The number of rotatable bonds is 6. The Balaban J connectivity index is 2.32. The number of ketones is 1. The molecular formula is C12H18OS. The molecule has 0 spiro atoms. The van der Waals surface area contributed by atoms with Gasteiger partial charge in [0.05, 0.1) is 0 Å². The van der Waals surface area contributed by atoms with Gasteiger partial charge in [-0.3, -0.25) is 4.79 Å². The number of unbranched alkanes of at least 4 members (excludes halogenated alkanes) is 3. The van der Waals surface area contributed by atoms with Crippen molar-refractivity contribution in [1.82, 2.24) is 0 Å². The minimum Gasteiger partial charge on any atom is -0.294 e. The predicted octanol–water partition coefficient (Wildman–Crippen LogP) is 4.21. The fourth-order valence-electron chi connectivity index (χ4n) is 1.49. The van der Waals surface area contributed by atoms with E-state index in [0.717, 1.165) is 24.0 Å². The fourth-order valence-corrected chi connectivity index (χ4v) is 2.35. The van der Waals surface area contributed by atoms with Crippen molar-refractivity contribution in [2.75, 3.05) is 0 Å². The van der Waals surface area contributed by atoms with Crippen LogP contribution in [0.2, 0.25) is 0 Å². The Hall–Kier alpha value is -0.630. The highest BCUT2D eigenvalue weighted by Crippen LogP contribution is 2.17. The van der Waals surface area contributed by atoms with Crippen molar-refractivity contribution in [3.63, 3.8) is 0 Å². The molecule has 78 valence electrons. The van der Waals surface area contributed by atoms with Crippen LogP contribution in [0.25, 0.3) is 0 Å². The molecule has 0 saturated carbocycles. The highest BCUT2D eigenvalue weighted by atomic mass is 32.1. The van der Waals surface area contributed by atoms with Crippen LogP contribution in [0.1, 0.15) is 54.9 Å². The van der Waals surface area contributed by atoms with Gasteiger partial charge in [-0.1, -0.05) is 26.2 Å². The number of carbonyl (C=O) groups is 1. The maximum atomic E-state index is 11.7. The Morgan fingerprint density at radius 2 is 2.07 bits per heavy atom. The summed E-state index contributed by atoms with van der Waals surface area (Å²) in [5.41, 5.74) is 2.07. The lowest BCUT2D eigenvalue weighted by molar-refractivity contribution is 0.0979. The smallest absolute Gasteiger partial charge is 0.163 e. The van der Waals surface area contributed by atoms with E-state index in [9.17, 15) is 4.79 Å². The van der Waals surface area contributed by atoms with Crippen molar-refractivity contribution in [1.29, 1.82) is 0 Å². The lowest BCUT2D eigenvalue weighted by atomic mass is 10.0. The minimum atomic E-state index is 0.319. The third-order valence-electron chi connectivity index (χ3n) is 2.41. The number of aryl methyl sites for hydroxylation is 1. The van der Waals surface area contributed by atoms with E-state index in [-0.39, 0.29) is 0 Å². The van der Waals surface area contributed by atoms with Crippen LogP contribution < -0.4 is 0 Å². The molecule has 1 rings (SSSR count). The van der Waals surface area contributed by atoms with E-state index in [1.165, 1.54) is 19.3 Å². The normalized spacial score (nSPS) is 10.4. The topological polar surface area (TPSA) is 17.1 Å². The van der Waals surface area contributed by atoms with Gasteiger partial charge in [-0.25, -0.2) is 0 Å². The summed E-state index contributed by atoms with van der Waals surface area (Å²) in [7, 11) is 0. The van der Waals surface area contributed by atoms with Crippen molar-refractivity contribution < 1.29 is 4.79 Å². The second-order valence-electron chi connectivity index (χ2n) is 3.70. The molecule has 0 fully saturated rings. The van der Waals surface area contributed by atoms with Crippen LogP contribution in [0.4, 0.5) is 0 Å². The summed E-state index contributed by atoms with van der Waals surface area (Å²) in [5, 5.41) is 4.01. The summed E-state index contributed by atoms with van der Waals surface area (Å²) in [6, 6.07) is 0. The first-order valence-corrected chi connectivity index (χ1v) is 6.26. The van der Waals surface area contributed by atoms with Crippen LogP contribution in [0.5, 0.6) is 0 Å². The average molecular weight is 210 g/mol. The molecule has 1 nitrogen and oxygen atoms in total. The molecule has 0 bridgehead atoms. The molecule has 0 unspecified atom stereocenters. The third kappa shape index (κ3) is 3.26. The van der Waals surface area contributed by atoms with E-state index >= 15 is 0 Å². The number of thiophene rings is 1. The second kappa shape index (κ2) is 5.97. The standard InChI is InChI=1S/C12H18OS/c1-3-4-5-6-7-12(13)11-9-14-8-10(11)2/h8-9H,3-7H2,1-2H3. The molecule has 0 atom stereocenters. The number of hydrogen-bond acceptors (Lipinski definition) is 2. The van der Waals surface area contributed by atoms with E-state index in [1.54, 1.807) is 11.3 Å². The largest absolute Gasteiger partial charge is 0.294 e. The summed E-state index contributed by atoms with van der Waals surface area (Å²) in [6.45, 7) is 4.20. The first kappa shape index (κ1) is 11.4. The van der Waals surface area contributed by atoms with Crippen LogP contribution in [-0.2, 0) is 0 Å². The van der Waals surface area contributed by atoms with Crippen molar-refractivity contribution in [3.8, 4) is 0 Å². The highest BCUT2D eigenvalue weighted by Gasteiger charge is 2.08. The first-order chi connectivity index (χ1) is 6.75. The van der Waals surface area contributed by atoms with Crippen LogP contribution in [0.3, 0.4) is 0 Å². The number of hydrogen-bond donors (Lipinski definition) is 0. The summed E-state index contributed by atoms with van der Waals surface area (Å²) >= 11 is 1.62. The van der Waals surface area contributed by atoms with Gasteiger partial charge < -0.3 is 0 Å². The molecule has 1 heterocycles. The van der Waals surface area contributed by atoms with Gasteiger partial charge in [-0.05, 0) is 24.3 Å². The molecule has 14 heavy (non-hydrogen) atoms. The maximum Gasteiger partial charge on any atom is 0.163 e. The van der Waals surface area contributed by atoms with E-state index in [0.29, 0.717) is 5.78 Å². The van der Waals surface area contributed by atoms with Crippen molar-refractivity contribution in [2.45, 2.75) is 46.0 Å². The quantitative estimate of drug-likeness (QED) is 0.508. The molecule has 0 radical (unpaired) electrons. The van der Waals surface area contributed by atoms with Gasteiger partial charge in [0.1, 0.15) is 0 Å². The molecule has 0 aliphatic carbocycles. The molecule has 2 heteroatoms. The number of carbonyl (C=O) groups excluding carboxylic acids is 1. The molecule has 1 aromatic rings. The van der Waals surface area contributed by atoms with Gasteiger partial charge in [-0.15, -0.1) is 0 Å². The van der Waals surface area contributed by atoms with Crippen molar-refractivity contribution >= 4 is 17.1 Å². The van der Waals surface area contributed by atoms with Gasteiger partial charge >= 0.3 is 0 Å². The molecular weight excluding hydrogens is 192 g/mol. The lowest BCUT2D eigenvalue weighted by Gasteiger charge is -1.99. The van der Waals surface area contributed by atoms with Gasteiger partial charge in [-0.2, -0.15) is 11.3 Å². The molecule has 0 N–H and O–H groups in total. The van der Waals surface area contributed by atoms with Gasteiger partial charge in [0.2, 0.25) is 0 Å². The van der Waals surface area contributed by atoms with Gasteiger partial charge in [0.25, 0.3) is 0 Å². The molecule has 0 saturated heterocycles. The zero-order chi connectivity index (χ0) is 10.4. The van der Waals surface area contributed by atoms with Crippen LogP contribution >= 0.6 is 11.3 Å². The first-order valence-electron chi connectivity index (χ1n) is 5.31. The lowest BCUT2D eigenvalue weighted by Crippen LogP contribution is -1.98. The van der Waals surface area contributed by atoms with E-state index in [1.807, 2.05) is 17.7 Å². The van der Waals surface area contributed by atoms with Gasteiger partial charge in [0.15, 0.2) is 5.78 Å². The molecule has 0 amide bonds. The van der Waals surface area contributed by atoms with E-state index < -0.39 is 0 Å². The second-order valence-corrected chi connectivity index (χ2v) is 4.45. The van der Waals surface area contributed by atoms with Crippen LogP contribution in [0, 0.1) is 6.92 Å². The van der Waals surface area contributed by atoms with Crippen molar-refractivity contribution in [2.24, 2.45) is 0 Å².